The van der Waals surface area contributed by atoms with Crippen LogP contribution < -0.4 is 10.6 Å². The zero-order valence-electron chi connectivity index (χ0n) is 16.9. The monoisotopic (exact) mass is 412 g/mol. The van der Waals surface area contributed by atoms with Gasteiger partial charge in [0.2, 0.25) is 0 Å². The van der Waals surface area contributed by atoms with E-state index >= 15 is 0 Å². The lowest BCUT2D eigenvalue weighted by atomic mass is 9.93. The number of benzene rings is 1. The first kappa shape index (κ1) is 22.2. The summed E-state index contributed by atoms with van der Waals surface area (Å²) in [6, 6.07) is 4.43. The fourth-order valence-corrected chi connectivity index (χ4v) is 4.17. The second-order valence-electron chi connectivity index (χ2n) is 7.93. The van der Waals surface area contributed by atoms with E-state index in [9.17, 15) is 18.0 Å². The highest BCUT2D eigenvalue weighted by molar-refractivity contribution is 7.90. The summed E-state index contributed by atoms with van der Waals surface area (Å²) in [6.45, 7) is 5.70. The van der Waals surface area contributed by atoms with Gasteiger partial charge in [0.05, 0.1) is 35.3 Å². The van der Waals surface area contributed by atoms with Crippen molar-refractivity contribution in [1.29, 1.82) is 0 Å². The van der Waals surface area contributed by atoms with Crippen molar-refractivity contribution in [3.05, 3.63) is 23.8 Å². The van der Waals surface area contributed by atoms with Crippen LogP contribution >= 0.6 is 0 Å². The van der Waals surface area contributed by atoms with Gasteiger partial charge in [0.1, 0.15) is 5.60 Å². The van der Waals surface area contributed by atoms with Gasteiger partial charge >= 0.3 is 11.9 Å². The van der Waals surface area contributed by atoms with Crippen molar-refractivity contribution in [1.82, 2.24) is 0 Å². The number of nitrogens with zero attached hydrogens (tertiary/aromatic N) is 1. The minimum atomic E-state index is -3.62. The summed E-state index contributed by atoms with van der Waals surface area (Å²) >= 11 is 0. The minimum Gasteiger partial charge on any atom is -0.465 e. The van der Waals surface area contributed by atoms with Gasteiger partial charge < -0.3 is 20.1 Å². The second kappa shape index (κ2) is 8.08. The minimum absolute atomic E-state index is 0.00145. The summed E-state index contributed by atoms with van der Waals surface area (Å²) < 4.78 is 34.9. The van der Waals surface area contributed by atoms with Crippen LogP contribution in [-0.2, 0) is 24.1 Å². The Morgan fingerprint density at radius 3 is 2.39 bits per heavy atom. The summed E-state index contributed by atoms with van der Waals surface area (Å²) in [7, 11) is -2.39. The lowest BCUT2D eigenvalue weighted by Crippen LogP contribution is -2.51. The molecule has 2 atom stereocenters. The molecule has 0 radical (unpaired) electrons. The molecule has 1 aliphatic heterocycles. The van der Waals surface area contributed by atoms with Crippen LogP contribution in [0.4, 0.5) is 5.69 Å². The Balaban J connectivity index is 2.39. The molecule has 156 valence electrons. The molecular weight excluding hydrogens is 384 g/mol. The Bertz CT molecular complexity index is 860. The normalized spacial score (nSPS) is 20.6. The average Bonchev–Trinajstić information content (AvgIpc) is 2.58. The quantitative estimate of drug-likeness (QED) is 0.743. The van der Waals surface area contributed by atoms with E-state index in [0.29, 0.717) is 13.0 Å². The molecule has 0 amide bonds. The Hall–Kier alpha value is -2.13. The van der Waals surface area contributed by atoms with Crippen molar-refractivity contribution in [2.75, 3.05) is 24.8 Å². The van der Waals surface area contributed by atoms with Crippen LogP contribution in [0.3, 0.4) is 0 Å². The highest BCUT2D eigenvalue weighted by Crippen LogP contribution is 2.35. The Morgan fingerprint density at radius 1 is 1.25 bits per heavy atom. The first-order valence-electron chi connectivity index (χ1n) is 9.01. The van der Waals surface area contributed by atoms with E-state index in [4.69, 9.17) is 15.2 Å². The van der Waals surface area contributed by atoms with Crippen LogP contribution in [0.2, 0.25) is 0 Å². The van der Waals surface area contributed by atoms with Gasteiger partial charge in [0, 0.05) is 12.8 Å². The number of esters is 2. The largest absolute Gasteiger partial charge is 0.465 e. The molecule has 0 aromatic heterocycles. The van der Waals surface area contributed by atoms with E-state index in [0.717, 1.165) is 6.26 Å². The number of ether oxygens (including phenoxy) is 2. The van der Waals surface area contributed by atoms with Crippen molar-refractivity contribution in [3.63, 3.8) is 0 Å². The van der Waals surface area contributed by atoms with E-state index in [-0.39, 0.29) is 28.5 Å². The Morgan fingerprint density at radius 2 is 1.89 bits per heavy atom. The molecule has 2 N–H and O–H groups in total. The average molecular weight is 413 g/mol. The standard InChI is InChI=1S/C19H28N2O6S/c1-19(2,3)27-17(22)12-9-10-21(15(20)11-12)16-13(18(23)26-4)7-6-8-14(16)28(5,24)25/h6-8,12,15H,9-11,20H2,1-5H3. The predicted molar refractivity (Wildman–Crippen MR) is 105 cm³/mol. The molecule has 8 nitrogen and oxygen atoms in total. The molecule has 1 fully saturated rings. The van der Waals surface area contributed by atoms with Gasteiger partial charge in [-0.1, -0.05) is 6.07 Å². The van der Waals surface area contributed by atoms with Gasteiger partial charge in [0.15, 0.2) is 9.84 Å². The Labute approximate surface area is 165 Å². The number of methoxy groups -OCH3 is 1. The SMILES string of the molecule is COC(=O)c1cccc(S(C)(=O)=O)c1N1CCC(C(=O)OC(C)(C)C)CC1N. The summed E-state index contributed by atoms with van der Waals surface area (Å²) in [5.41, 5.74) is 6.04. The third kappa shape index (κ3) is 5.02. The number of nitrogens with two attached hydrogens (primary N) is 1. The molecule has 1 aliphatic rings. The smallest absolute Gasteiger partial charge is 0.340 e. The molecule has 1 saturated heterocycles. The van der Waals surface area contributed by atoms with Crippen molar-refractivity contribution >= 4 is 27.5 Å². The predicted octanol–water partition coefficient (Wildman–Crippen LogP) is 1.72. The molecule has 1 heterocycles. The number of piperidine rings is 1. The van der Waals surface area contributed by atoms with E-state index in [1.165, 1.54) is 25.3 Å². The molecule has 1 aromatic carbocycles. The van der Waals surface area contributed by atoms with E-state index in [2.05, 4.69) is 0 Å². The van der Waals surface area contributed by atoms with Gasteiger partial charge in [-0.2, -0.15) is 0 Å². The van der Waals surface area contributed by atoms with E-state index in [1.807, 2.05) is 0 Å². The van der Waals surface area contributed by atoms with Crippen LogP contribution in [-0.4, -0.2) is 52.0 Å². The molecule has 0 saturated carbocycles. The maximum atomic E-state index is 12.4. The summed E-state index contributed by atoms with van der Waals surface area (Å²) in [4.78, 5) is 26.3. The fraction of sp³-hybridized carbons (Fsp3) is 0.579. The summed E-state index contributed by atoms with van der Waals surface area (Å²) in [5.74, 6) is -1.37. The summed E-state index contributed by atoms with van der Waals surface area (Å²) in [5, 5.41) is 0. The van der Waals surface area contributed by atoms with Gasteiger partial charge in [-0.05, 0) is 45.7 Å². The third-order valence-corrected chi connectivity index (χ3v) is 5.60. The lowest BCUT2D eigenvalue weighted by Gasteiger charge is -2.40. The fourth-order valence-electron chi connectivity index (χ4n) is 3.27. The van der Waals surface area contributed by atoms with Crippen LogP contribution in [0.5, 0.6) is 0 Å². The number of sulfone groups is 1. The first-order chi connectivity index (χ1) is 12.8. The zero-order chi connectivity index (χ0) is 21.3. The zero-order valence-corrected chi connectivity index (χ0v) is 17.7. The third-order valence-electron chi connectivity index (χ3n) is 4.48. The van der Waals surface area contributed by atoms with Crippen molar-refractivity contribution in [2.24, 2.45) is 11.7 Å². The highest BCUT2D eigenvalue weighted by Gasteiger charge is 2.36. The van der Waals surface area contributed by atoms with Crippen LogP contribution in [0.15, 0.2) is 23.1 Å². The number of para-hydroxylation sites is 1. The molecule has 28 heavy (non-hydrogen) atoms. The second-order valence-corrected chi connectivity index (χ2v) is 9.92. The highest BCUT2D eigenvalue weighted by atomic mass is 32.2. The van der Waals surface area contributed by atoms with Crippen molar-refractivity contribution in [3.8, 4) is 0 Å². The maximum absolute atomic E-state index is 12.4. The molecule has 9 heteroatoms. The summed E-state index contributed by atoms with van der Waals surface area (Å²) in [6.07, 6.45) is 1.14. The Kier molecular flexibility index (Phi) is 6.40. The molecule has 2 rings (SSSR count). The molecule has 0 bridgehead atoms. The van der Waals surface area contributed by atoms with Gasteiger partial charge in [0.25, 0.3) is 0 Å². The number of hydrogen-bond acceptors (Lipinski definition) is 8. The maximum Gasteiger partial charge on any atom is 0.340 e. The van der Waals surface area contributed by atoms with Crippen LogP contribution in [0.25, 0.3) is 0 Å². The molecule has 1 aromatic rings. The number of carbonyl (C=O) groups is 2. The molecule has 0 aliphatic carbocycles. The van der Waals surface area contributed by atoms with Crippen molar-refractivity contribution in [2.45, 2.75) is 50.3 Å². The van der Waals surface area contributed by atoms with Crippen molar-refractivity contribution < 1.29 is 27.5 Å². The van der Waals surface area contributed by atoms with E-state index < -0.39 is 33.5 Å². The topological polar surface area (TPSA) is 116 Å². The van der Waals surface area contributed by atoms with Gasteiger partial charge in [-0.25, -0.2) is 13.2 Å². The number of rotatable bonds is 4. The lowest BCUT2D eigenvalue weighted by molar-refractivity contribution is -0.161. The molecular formula is C19H28N2O6S. The molecule has 2 unspecified atom stereocenters. The van der Waals surface area contributed by atoms with E-state index in [1.54, 1.807) is 25.7 Å². The number of carbonyl (C=O) groups excluding carboxylic acids is 2. The first-order valence-corrected chi connectivity index (χ1v) is 10.9. The van der Waals surface area contributed by atoms with Crippen LogP contribution in [0.1, 0.15) is 44.0 Å². The van der Waals surface area contributed by atoms with Gasteiger partial charge in [-0.15, -0.1) is 0 Å². The molecule has 0 spiro atoms. The van der Waals surface area contributed by atoms with Crippen LogP contribution in [0, 0.1) is 5.92 Å². The number of anilines is 1. The van der Waals surface area contributed by atoms with Gasteiger partial charge in [-0.3, -0.25) is 4.79 Å². The number of hydrogen-bond donors (Lipinski definition) is 1.